The lowest BCUT2D eigenvalue weighted by atomic mass is 10.1. The van der Waals surface area contributed by atoms with Gasteiger partial charge in [-0.05, 0) is 41.6 Å². The summed E-state index contributed by atoms with van der Waals surface area (Å²) in [6.45, 7) is 5.71. The molecule has 0 bridgehead atoms. The number of piperazine rings is 1. The number of benzene rings is 1. The Bertz CT molecular complexity index is 544. The number of fused-ring (bicyclic) bond motifs is 1. The molecule has 0 amide bonds. The van der Waals surface area contributed by atoms with Crippen LogP contribution in [0, 0.1) is 0 Å². The number of halogens is 1. The molecular formula is C14H17ClN2S. The molecule has 0 aliphatic carbocycles. The average Bonchev–Trinajstić information content (AvgIpc) is 2.75. The summed E-state index contributed by atoms with van der Waals surface area (Å²) in [7, 11) is 2.19. The molecule has 0 atom stereocenters. The molecule has 0 saturated carbocycles. The number of hydrogen-bond donors (Lipinski definition) is 0. The first-order valence-corrected chi connectivity index (χ1v) is 7.55. The minimum absolute atomic E-state index is 0.834. The molecular weight excluding hydrogens is 264 g/mol. The summed E-state index contributed by atoms with van der Waals surface area (Å²) in [5.41, 5.74) is 1.42. The van der Waals surface area contributed by atoms with Gasteiger partial charge in [0.25, 0.3) is 0 Å². The fourth-order valence-electron chi connectivity index (χ4n) is 2.42. The van der Waals surface area contributed by atoms with Crippen LogP contribution < -0.4 is 0 Å². The Hall–Kier alpha value is -0.610. The monoisotopic (exact) mass is 280 g/mol. The Labute approximate surface area is 117 Å². The first-order chi connectivity index (χ1) is 8.72. The van der Waals surface area contributed by atoms with E-state index in [1.807, 2.05) is 17.4 Å². The highest BCUT2D eigenvalue weighted by atomic mass is 35.5. The quantitative estimate of drug-likeness (QED) is 0.833. The fraction of sp³-hybridized carbons (Fsp3) is 0.429. The molecule has 1 aromatic carbocycles. The van der Waals surface area contributed by atoms with E-state index in [4.69, 9.17) is 11.6 Å². The Kier molecular flexibility index (Phi) is 3.57. The standard InChI is InChI=1S/C14H17ClN2S/c1-16-4-6-17(7-5-16)9-11-10-18-14-3-2-12(15)8-13(11)14/h2-3,8,10H,4-7,9H2,1H3. The molecule has 1 aliphatic heterocycles. The van der Waals surface area contributed by atoms with E-state index in [0.29, 0.717) is 0 Å². The zero-order chi connectivity index (χ0) is 12.5. The van der Waals surface area contributed by atoms with Gasteiger partial charge in [0.05, 0.1) is 0 Å². The van der Waals surface area contributed by atoms with Crippen molar-refractivity contribution in [2.24, 2.45) is 0 Å². The Morgan fingerprint density at radius 2 is 2.00 bits per heavy atom. The summed E-state index contributed by atoms with van der Waals surface area (Å²) in [4.78, 5) is 4.92. The molecule has 0 radical (unpaired) electrons. The van der Waals surface area contributed by atoms with Gasteiger partial charge >= 0.3 is 0 Å². The van der Waals surface area contributed by atoms with Crippen molar-refractivity contribution in [3.05, 3.63) is 34.2 Å². The lowest BCUT2D eigenvalue weighted by Crippen LogP contribution is -2.43. The van der Waals surface area contributed by atoms with E-state index in [1.165, 1.54) is 28.7 Å². The van der Waals surface area contributed by atoms with Gasteiger partial charge < -0.3 is 4.90 Å². The maximum atomic E-state index is 6.09. The summed E-state index contributed by atoms with van der Waals surface area (Å²) in [5.74, 6) is 0. The first-order valence-electron chi connectivity index (χ1n) is 6.29. The van der Waals surface area contributed by atoms with Gasteiger partial charge in [-0.1, -0.05) is 11.6 Å². The van der Waals surface area contributed by atoms with Crippen LogP contribution in [0.25, 0.3) is 10.1 Å². The molecule has 2 heterocycles. The average molecular weight is 281 g/mol. The second-order valence-corrected chi connectivity index (χ2v) is 6.33. The van der Waals surface area contributed by atoms with E-state index in [1.54, 1.807) is 0 Å². The van der Waals surface area contributed by atoms with E-state index >= 15 is 0 Å². The van der Waals surface area contributed by atoms with E-state index < -0.39 is 0 Å². The van der Waals surface area contributed by atoms with Gasteiger partial charge in [0.15, 0.2) is 0 Å². The molecule has 3 rings (SSSR count). The van der Waals surface area contributed by atoms with Gasteiger partial charge in [-0.25, -0.2) is 0 Å². The van der Waals surface area contributed by atoms with E-state index in [-0.39, 0.29) is 0 Å². The first kappa shape index (κ1) is 12.4. The smallest absolute Gasteiger partial charge is 0.0413 e. The molecule has 1 fully saturated rings. The number of nitrogens with zero attached hydrogens (tertiary/aromatic N) is 2. The maximum absolute atomic E-state index is 6.09. The molecule has 1 saturated heterocycles. The summed E-state index contributed by atoms with van der Waals surface area (Å²) >= 11 is 7.91. The van der Waals surface area contributed by atoms with Crippen LogP contribution in [0.1, 0.15) is 5.56 Å². The summed E-state index contributed by atoms with van der Waals surface area (Å²) in [5, 5.41) is 4.44. The summed E-state index contributed by atoms with van der Waals surface area (Å²) in [6, 6.07) is 6.19. The van der Waals surface area contributed by atoms with Crippen LogP contribution >= 0.6 is 22.9 Å². The highest BCUT2D eigenvalue weighted by Crippen LogP contribution is 2.29. The Morgan fingerprint density at radius 1 is 1.22 bits per heavy atom. The molecule has 96 valence electrons. The number of likely N-dealkylation sites (N-methyl/N-ethyl adjacent to an activating group) is 1. The van der Waals surface area contributed by atoms with Crippen LogP contribution in [-0.4, -0.2) is 43.0 Å². The number of hydrogen-bond acceptors (Lipinski definition) is 3. The van der Waals surface area contributed by atoms with Crippen molar-refractivity contribution in [3.8, 4) is 0 Å². The third-order valence-electron chi connectivity index (χ3n) is 3.61. The molecule has 0 spiro atoms. The van der Waals surface area contributed by atoms with Gasteiger partial charge in [-0.2, -0.15) is 0 Å². The minimum atomic E-state index is 0.834. The largest absolute Gasteiger partial charge is 0.304 e. The van der Waals surface area contributed by atoms with Crippen LogP contribution in [0.15, 0.2) is 23.6 Å². The lowest BCUT2D eigenvalue weighted by Gasteiger charge is -2.32. The van der Waals surface area contributed by atoms with Crippen molar-refractivity contribution in [3.63, 3.8) is 0 Å². The van der Waals surface area contributed by atoms with E-state index in [0.717, 1.165) is 24.7 Å². The second kappa shape index (κ2) is 5.17. The maximum Gasteiger partial charge on any atom is 0.0413 e. The van der Waals surface area contributed by atoms with Crippen LogP contribution in [-0.2, 0) is 6.54 Å². The van der Waals surface area contributed by atoms with Gasteiger partial charge in [0.2, 0.25) is 0 Å². The van der Waals surface area contributed by atoms with Crippen molar-refractivity contribution in [1.82, 2.24) is 9.80 Å². The third kappa shape index (κ3) is 2.54. The Balaban J connectivity index is 1.80. The zero-order valence-electron chi connectivity index (χ0n) is 10.5. The molecule has 2 aromatic rings. The normalized spacial score (nSPS) is 18.6. The molecule has 1 aliphatic rings. The lowest BCUT2D eigenvalue weighted by molar-refractivity contribution is 0.148. The predicted molar refractivity (Wildman–Crippen MR) is 79.6 cm³/mol. The molecule has 0 unspecified atom stereocenters. The molecule has 4 heteroatoms. The topological polar surface area (TPSA) is 6.48 Å². The van der Waals surface area contributed by atoms with Crippen LogP contribution in [0.4, 0.5) is 0 Å². The molecule has 18 heavy (non-hydrogen) atoms. The summed E-state index contributed by atoms with van der Waals surface area (Å²) in [6.07, 6.45) is 0. The van der Waals surface area contributed by atoms with Crippen LogP contribution in [0.2, 0.25) is 5.02 Å². The minimum Gasteiger partial charge on any atom is -0.304 e. The van der Waals surface area contributed by atoms with Crippen molar-refractivity contribution in [2.75, 3.05) is 33.2 Å². The van der Waals surface area contributed by atoms with E-state index in [2.05, 4.69) is 34.4 Å². The third-order valence-corrected chi connectivity index (χ3v) is 4.85. The van der Waals surface area contributed by atoms with Crippen molar-refractivity contribution < 1.29 is 0 Å². The van der Waals surface area contributed by atoms with Gasteiger partial charge in [0.1, 0.15) is 0 Å². The molecule has 2 nitrogen and oxygen atoms in total. The van der Waals surface area contributed by atoms with Gasteiger partial charge in [-0.3, -0.25) is 4.90 Å². The highest BCUT2D eigenvalue weighted by molar-refractivity contribution is 7.17. The number of rotatable bonds is 2. The van der Waals surface area contributed by atoms with Crippen LogP contribution in [0.5, 0.6) is 0 Å². The summed E-state index contributed by atoms with van der Waals surface area (Å²) < 4.78 is 1.34. The zero-order valence-corrected chi connectivity index (χ0v) is 12.1. The highest BCUT2D eigenvalue weighted by Gasteiger charge is 2.15. The van der Waals surface area contributed by atoms with Crippen molar-refractivity contribution in [1.29, 1.82) is 0 Å². The van der Waals surface area contributed by atoms with Gasteiger partial charge in [0, 0.05) is 42.4 Å². The predicted octanol–water partition coefficient (Wildman–Crippen LogP) is 3.30. The molecule has 0 N–H and O–H groups in total. The fourth-order valence-corrected chi connectivity index (χ4v) is 3.53. The van der Waals surface area contributed by atoms with Crippen molar-refractivity contribution in [2.45, 2.75) is 6.54 Å². The molecule has 1 aromatic heterocycles. The van der Waals surface area contributed by atoms with Crippen molar-refractivity contribution >= 4 is 33.0 Å². The van der Waals surface area contributed by atoms with Gasteiger partial charge in [-0.15, -0.1) is 11.3 Å². The van der Waals surface area contributed by atoms with E-state index in [9.17, 15) is 0 Å². The Morgan fingerprint density at radius 3 is 2.78 bits per heavy atom. The second-order valence-electron chi connectivity index (χ2n) is 4.98. The van der Waals surface area contributed by atoms with Crippen LogP contribution in [0.3, 0.4) is 0 Å². The number of thiophene rings is 1. The SMILES string of the molecule is CN1CCN(Cc2csc3ccc(Cl)cc23)CC1.